The van der Waals surface area contributed by atoms with Crippen LogP contribution in [0.25, 0.3) is 0 Å². The number of oxime groups is 1. The van der Waals surface area contributed by atoms with E-state index in [9.17, 15) is 9.90 Å². The molecule has 1 rings (SSSR count). The molecular formula is C6H6NNaO4. The van der Waals surface area contributed by atoms with Gasteiger partial charge >= 0.3 is 29.6 Å². The van der Waals surface area contributed by atoms with Crippen LogP contribution >= 0.6 is 0 Å². The number of ether oxygens (including phenoxy) is 1. The van der Waals surface area contributed by atoms with Crippen LogP contribution in [0, 0.1) is 0 Å². The Balaban J connectivity index is 0.00000121. The van der Waals surface area contributed by atoms with Crippen molar-refractivity contribution < 1.29 is 49.0 Å². The molecule has 12 heavy (non-hydrogen) atoms. The Hall–Kier alpha value is -0.520. The Kier molecular flexibility index (Phi) is 4.96. The fourth-order valence-corrected chi connectivity index (χ4v) is 0.705. The molecule has 60 valence electrons. The summed E-state index contributed by atoms with van der Waals surface area (Å²) >= 11 is 0. The number of carboxylic acid groups (broad SMARTS) is 1. The Labute approximate surface area is 91.3 Å². The Bertz CT molecular complexity index is 226. The largest absolute Gasteiger partial charge is 1.00 e. The van der Waals surface area contributed by atoms with Gasteiger partial charge in [-0.25, -0.2) is 0 Å². The summed E-state index contributed by atoms with van der Waals surface area (Å²) in [4.78, 5) is 14.6. The third-order valence-corrected chi connectivity index (χ3v) is 1.13. The van der Waals surface area contributed by atoms with E-state index >= 15 is 0 Å². The Morgan fingerprint density at radius 2 is 2.50 bits per heavy atom. The second-order valence-electron chi connectivity index (χ2n) is 1.84. The van der Waals surface area contributed by atoms with Crippen LogP contribution in [0.4, 0.5) is 0 Å². The van der Waals surface area contributed by atoms with Crippen LogP contribution in [-0.4, -0.2) is 24.9 Å². The van der Waals surface area contributed by atoms with Crippen molar-refractivity contribution in [1.82, 2.24) is 0 Å². The van der Waals surface area contributed by atoms with Gasteiger partial charge in [-0.05, 0) is 0 Å². The van der Waals surface area contributed by atoms with Crippen molar-refractivity contribution in [1.29, 1.82) is 0 Å². The monoisotopic (exact) mass is 179 g/mol. The zero-order valence-corrected chi connectivity index (χ0v) is 8.81. The van der Waals surface area contributed by atoms with Gasteiger partial charge in [0, 0.05) is 6.08 Å². The van der Waals surface area contributed by atoms with Gasteiger partial charge in [0.25, 0.3) is 0 Å². The molecule has 1 atom stereocenters. The van der Waals surface area contributed by atoms with Crippen molar-refractivity contribution in [3.8, 4) is 0 Å². The first kappa shape index (κ1) is 11.5. The molecule has 1 aliphatic rings. The first-order chi connectivity index (χ1) is 5.25. The Morgan fingerprint density at radius 1 is 1.83 bits per heavy atom. The summed E-state index contributed by atoms with van der Waals surface area (Å²) in [5.74, 6) is -1.33. The molecule has 0 spiro atoms. The number of hydrogen-bond donors (Lipinski definition) is 0. The van der Waals surface area contributed by atoms with Gasteiger partial charge in [-0.15, -0.1) is 0 Å². The molecule has 5 nitrogen and oxygen atoms in total. The van der Waals surface area contributed by atoms with Crippen molar-refractivity contribution in [3.05, 3.63) is 12.3 Å². The molecule has 0 bridgehead atoms. The van der Waals surface area contributed by atoms with Crippen LogP contribution in [0.5, 0.6) is 0 Å². The zero-order valence-electron chi connectivity index (χ0n) is 6.81. The van der Waals surface area contributed by atoms with Gasteiger partial charge in [-0.2, -0.15) is 0 Å². The van der Waals surface area contributed by atoms with Gasteiger partial charge in [0.1, 0.15) is 12.8 Å². The summed E-state index contributed by atoms with van der Waals surface area (Å²) in [7, 11) is 1.32. The molecule has 0 fully saturated rings. The standard InChI is InChI=1S/C6H7NO4.Na/c1-10-7-4-2-3-11-5(4)6(8)9;/h2-3,5H,1H3,(H,8,9);/q;+1/p-1. The fraction of sp³-hybridized carbons (Fsp3) is 0.333. The third-order valence-electron chi connectivity index (χ3n) is 1.13. The number of carbonyl (C=O) groups is 1. The maximum Gasteiger partial charge on any atom is 1.00 e. The number of nitrogens with zero attached hydrogens (tertiary/aromatic N) is 1. The zero-order chi connectivity index (χ0) is 8.27. The molecule has 6 heteroatoms. The topological polar surface area (TPSA) is 71.0 Å². The average Bonchev–Trinajstić information content (AvgIpc) is 2.36. The molecule has 1 unspecified atom stereocenters. The number of hydrogen-bond acceptors (Lipinski definition) is 5. The number of carbonyl (C=O) groups excluding carboxylic acids is 1. The summed E-state index contributed by atoms with van der Waals surface area (Å²) < 4.78 is 4.63. The van der Waals surface area contributed by atoms with E-state index in [4.69, 9.17) is 0 Å². The van der Waals surface area contributed by atoms with Gasteiger partial charge in [0.2, 0.25) is 0 Å². The molecule has 0 radical (unpaired) electrons. The molecule has 1 aliphatic heterocycles. The molecule has 1 heterocycles. The molecule has 0 aliphatic carbocycles. The maximum atomic E-state index is 10.3. The minimum Gasteiger partial charge on any atom is -0.546 e. The van der Waals surface area contributed by atoms with Gasteiger partial charge in [0.05, 0.1) is 12.2 Å². The quantitative estimate of drug-likeness (QED) is 0.317. The second kappa shape index (κ2) is 5.18. The van der Waals surface area contributed by atoms with Crippen molar-refractivity contribution >= 4 is 11.7 Å². The Morgan fingerprint density at radius 3 is 3.00 bits per heavy atom. The van der Waals surface area contributed by atoms with Gasteiger partial charge < -0.3 is 19.5 Å². The van der Waals surface area contributed by atoms with E-state index in [1.54, 1.807) is 0 Å². The average molecular weight is 179 g/mol. The van der Waals surface area contributed by atoms with Crippen molar-refractivity contribution in [2.24, 2.45) is 5.16 Å². The van der Waals surface area contributed by atoms with E-state index in [2.05, 4.69) is 14.7 Å². The van der Waals surface area contributed by atoms with Crippen LogP contribution in [0.3, 0.4) is 0 Å². The van der Waals surface area contributed by atoms with E-state index < -0.39 is 12.1 Å². The first-order valence-corrected chi connectivity index (χ1v) is 2.89. The molecule has 0 aromatic heterocycles. The number of carboxylic acids is 1. The van der Waals surface area contributed by atoms with Crippen LogP contribution < -0.4 is 34.7 Å². The normalized spacial score (nSPS) is 23.1. The predicted octanol–water partition coefficient (Wildman–Crippen LogP) is -4.34. The third kappa shape index (κ3) is 2.51. The van der Waals surface area contributed by atoms with Gasteiger partial charge in [-0.3, -0.25) is 0 Å². The second-order valence-corrected chi connectivity index (χ2v) is 1.84. The SMILES string of the molecule is CON=C1C=COC1C(=O)[O-].[Na+]. The smallest absolute Gasteiger partial charge is 0.546 e. The molecular weight excluding hydrogens is 173 g/mol. The first-order valence-electron chi connectivity index (χ1n) is 2.89. The van der Waals surface area contributed by atoms with Gasteiger partial charge in [0.15, 0.2) is 6.10 Å². The molecule has 0 aromatic carbocycles. The molecule has 0 saturated heterocycles. The minimum atomic E-state index is -1.33. The maximum absolute atomic E-state index is 10.3. The summed E-state index contributed by atoms with van der Waals surface area (Å²) in [5.41, 5.74) is 0.201. The summed E-state index contributed by atoms with van der Waals surface area (Å²) in [5, 5.41) is 13.7. The molecule has 0 amide bonds. The summed E-state index contributed by atoms with van der Waals surface area (Å²) in [6, 6.07) is 0. The van der Waals surface area contributed by atoms with Crippen molar-refractivity contribution in [2.75, 3.05) is 7.11 Å². The van der Waals surface area contributed by atoms with Gasteiger partial charge in [-0.1, -0.05) is 5.16 Å². The minimum absolute atomic E-state index is 0. The molecule has 0 N–H and O–H groups in total. The number of aliphatic carboxylic acids is 1. The van der Waals surface area contributed by atoms with E-state index in [1.165, 1.54) is 19.4 Å². The molecule has 0 saturated carbocycles. The summed E-state index contributed by atoms with van der Waals surface area (Å²) in [6.45, 7) is 0. The van der Waals surface area contributed by atoms with E-state index in [1.807, 2.05) is 0 Å². The van der Waals surface area contributed by atoms with Crippen LogP contribution in [0.15, 0.2) is 17.5 Å². The predicted molar refractivity (Wildman–Crippen MR) is 33.5 cm³/mol. The van der Waals surface area contributed by atoms with Crippen molar-refractivity contribution in [2.45, 2.75) is 6.10 Å². The van der Waals surface area contributed by atoms with Crippen LogP contribution in [0.2, 0.25) is 0 Å². The fourth-order valence-electron chi connectivity index (χ4n) is 0.705. The van der Waals surface area contributed by atoms with E-state index in [0.29, 0.717) is 0 Å². The molecule has 0 aromatic rings. The van der Waals surface area contributed by atoms with E-state index in [-0.39, 0.29) is 35.3 Å². The van der Waals surface area contributed by atoms with E-state index in [0.717, 1.165) is 0 Å². The number of rotatable bonds is 2. The van der Waals surface area contributed by atoms with Crippen LogP contribution in [0.1, 0.15) is 0 Å². The van der Waals surface area contributed by atoms with Crippen molar-refractivity contribution in [3.63, 3.8) is 0 Å². The summed E-state index contributed by atoms with van der Waals surface area (Å²) in [6.07, 6.45) is 1.51. The van der Waals surface area contributed by atoms with Crippen LogP contribution in [-0.2, 0) is 14.4 Å².